The predicted molar refractivity (Wildman–Crippen MR) is 243 cm³/mol. The Balaban J connectivity index is 1.57. The number of nitrogens with two attached hydrogens (primary N) is 2. The van der Waals surface area contributed by atoms with E-state index in [1.807, 2.05) is 67.2 Å². The lowest BCUT2D eigenvalue weighted by Crippen LogP contribution is -2.60. The van der Waals surface area contributed by atoms with Gasteiger partial charge in [-0.1, -0.05) is 50.2 Å². The molecule has 0 unspecified atom stereocenters. The monoisotopic (exact) mass is 879 g/mol. The van der Waals surface area contributed by atoms with Crippen LogP contribution in [0.15, 0.2) is 60.9 Å². The summed E-state index contributed by atoms with van der Waals surface area (Å²) in [5, 5.41) is 25.3. The highest BCUT2D eigenvalue weighted by Gasteiger charge is 2.34. The van der Waals surface area contributed by atoms with Gasteiger partial charge < -0.3 is 53.1 Å². The average Bonchev–Trinajstić information content (AvgIpc) is 3.85. The lowest BCUT2D eigenvalue weighted by atomic mass is 10.0. The summed E-state index contributed by atoms with van der Waals surface area (Å²) < 4.78 is 0. The Morgan fingerprint density at radius 3 is 1.66 bits per heavy atom. The van der Waals surface area contributed by atoms with Gasteiger partial charge in [0.05, 0.1) is 6.04 Å². The first kappa shape index (κ1) is 48.6. The fourth-order valence-corrected chi connectivity index (χ4v) is 7.94. The number of carbonyl (C=O) groups excluding carboxylic acids is 5. The molecule has 2 aromatic heterocycles. The number of hydrogen-bond acceptors (Lipinski definition) is 10. The van der Waals surface area contributed by atoms with Crippen molar-refractivity contribution in [2.24, 2.45) is 17.4 Å². The summed E-state index contributed by atoms with van der Waals surface area (Å²) in [5.41, 5.74) is 15.5. The molecule has 0 saturated heterocycles. The van der Waals surface area contributed by atoms with Crippen molar-refractivity contribution in [2.45, 2.75) is 95.0 Å². The van der Waals surface area contributed by atoms with Crippen LogP contribution < -0.4 is 38.1 Å². The minimum absolute atomic E-state index is 0.0334. The second-order valence-electron chi connectivity index (χ2n) is 15.4. The maximum Gasteiger partial charge on any atom is 0.326 e. The van der Waals surface area contributed by atoms with Crippen molar-refractivity contribution in [3.8, 4) is 0 Å². The van der Waals surface area contributed by atoms with E-state index in [2.05, 4.69) is 36.6 Å². The summed E-state index contributed by atoms with van der Waals surface area (Å²) in [6.07, 6.45) is 9.24. The zero-order valence-electron chi connectivity index (χ0n) is 35.3. The standard InChI is InChI=1S/C43H61N9O7S2/c1-25(2)37(42(57)50-35(43(58)59)17-20-61-4)52-40(55)34(16-19-60-3)49-41(56)36(22-27-24-47-32-14-8-6-12-29(27)32)51-39(54)33(15-9-10-18-44)48-38(53)30(45)21-26-23-46-31-13-7-5-11-28(26)31/h5-8,11-14,23-25,30,33-37,46-47H,9-10,15-22,44-45H2,1-4H3,(H,48,53)(H,49,56)(H,50,57)(H,51,54)(H,52,55)(H,58,59)/t30-,33-,34-,35+,36-,37-/m0/s1. The number of H-pyrrole nitrogens is 2. The second-order valence-corrected chi connectivity index (χ2v) is 17.4. The molecule has 12 N–H and O–H groups in total. The topological polar surface area (TPSA) is 266 Å². The molecular formula is C43H61N9O7S2. The molecule has 0 aliphatic carbocycles. The number of amides is 5. The number of unbranched alkanes of at least 4 members (excludes halogenated alkanes) is 1. The van der Waals surface area contributed by atoms with E-state index < -0.39 is 77.7 Å². The van der Waals surface area contributed by atoms with Crippen LogP contribution in [0.1, 0.15) is 57.1 Å². The molecule has 0 radical (unpaired) electrons. The lowest BCUT2D eigenvalue weighted by molar-refractivity contribution is -0.142. The minimum atomic E-state index is -1.21. The quantitative estimate of drug-likeness (QED) is 0.0410. The van der Waals surface area contributed by atoms with Crippen molar-refractivity contribution in [3.63, 3.8) is 0 Å². The van der Waals surface area contributed by atoms with E-state index in [-0.39, 0.29) is 32.1 Å². The van der Waals surface area contributed by atoms with E-state index in [0.29, 0.717) is 30.9 Å². The Morgan fingerprint density at radius 1 is 0.623 bits per heavy atom. The fourth-order valence-electron chi connectivity index (χ4n) is 6.99. The molecule has 2 aromatic carbocycles. The number of aromatic nitrogens is 2. The Hall–Kier alpha value is -5.04. The first-order valence-corrected chi connectivity index (χ1v) is 23.3. The molecule has 18 heteroatoms. The smallest absolute Gasteiger partial charge is 0.326 e. The molecule has 61 heavy (non-hydrogen) atoms. The van der Waals surface area contributed by atoms with E-state index in [9.17, 15) is 33.9 Å². The minimum Gasteiger partial charge on any atom is -0.480 e. The van der Waals surface area contributed by atoms with Crippen LogP contribution >= 0.6 is 23.5 Å². The van der Waals surface area contributed by atoms with Gasteiger partial charge in [-0.3, -0.25) is 24.0 Å². The third-order valence-electron chi connectivity index (χ3n) is 10.5. The Labute approximate surface area is 365 Å². The van der Waals surface area contributed by atoms with E-state index in [0.717, 1.165) is 32.9 Å². The van der Waals surface area contributed by atoms with Gasteiger partial charge in [-0.2, -0.15) is 23.5 Å². The predicted octanol–water partition coefficient (Wildman–Crippen LogP) is 2.56. The molecule has 4 aromatic rings. The number of benzene rings is 2. The maximum atomic E-state index is 14.4. The van der Waals surface area contributed by atoms with Gasteiger partial charge in [-0.15, -0.1) is 0 Å². The molecule has 0 aliphatic rings. The summed E-state index contributed by atoms with van der Waals surface area (Å²) in [5.74, 6) is -3.72. The maximum absolute atomic E-state index is 14.4. The zero-order valence-corrected chi connectivity index (χ0v) is 36.9. The fraction of sp³-hybridized carbons (Fsp3) is 0.488. The summed E-state index contributed by atoms with van der Waals surface area (Å²) in [7, 11) is 0. The number of carbonyl (C=O) groups is 6. The van der Waals surface area contributed by atoms with E-state index in [4.69, 9.17) is 11.5 Å². The van der Waals surface area contributed by atoms with Crippen LogP contribution in [0, 0.1) is 5.92 Å². The first-order valence-electron chi connectivity index (χ1n) is 20.6. The molecule has 5 amide bonds. The first-order chi connectivity index (χ1) is 29.3. The van der Waals surface area contributed by atoms with Crippen molar-refractivity contribution in [2.75, 3.05) is 30.6 Å². The largest absolute Gasteiger partial charge is 0.480 e. The Morgan fingerprint density at radius 2 is 1.10 bits per heavy atom. The summed E-state index contributed by atoms with van der Waals surface area (Å²) in [6.45, 7) is 3.83. The van der Waals surface area contributed by atoms with E-state index in [1.54, 1.807) is 20.0 Å². The van der Waals surface area contributed by atoms with Gasteiger partial charge in [-0.05, 0) is 98.3 Å². The normalized spacial score (nSPS) is 14.4. The molecule has 0 spiro atoms. The summed E-state index contributed by atoms with van der Waals surface area (Å²) >= 11 is 2.91. The number of fused-ring (bicyclic) bond motifs is 2. The number of carboxylic acid groups (broad SMARTS) is 1. The highest BCUT2D eigenvalue weighted by molar-refractivity contribution is 7.98. The van der Waals surface area contributed by atoms with Crippen LogP contribution in [0.25, 0.3) is 21.8 Å². The van der Waals surface area contributed by atoms with E-state index >= 15 is 0 Å². The highest BCUT2D eigenvalue weighted by Crippen LogP contribution is 2.21. The van der Waals surface area contributed by atoms with Gasteiger partial charge in [-0.25, -0.2) is 4.79 Å². The number of aromatic amines is 2. The summed E-state index contributed by atoms with van der Waals surface area (Å²) in [4.78, 5) is 87.8. The number of thioether (sulfide) groups is 2. The SMILES string of the molecule is CSCC[C@H](NC(=O)[C@H](Cc1c[nH]c2ccccc12)NC(=O)[C@H](CCCCN)NC(=O)[C@@H](N)Cc1c[nH]c2ccccc12)C(=O)N[C@H](C(=O)N[C@H](CCSC)C(=O)O)C(C)C. The van der Waals surface area contributed by atoms with Crippen molar-refractivity contribution in [3.05, 3.63) is 72.1 Å². The Bertz CT molecular complexity index is 2090. The van der Waals surface area contributed by atoms with Crippen molar-refractivity contribution < 1.29 is 33.9 Å². The number of aliphatic carboxylic acids is 1. The van der Waals surface area contributed by atoms with Crippen LogP contribution in [0.2, 0.25) is 0 Å². The highest BCUT2D eigenvalue weighted by atomic mass is 32.2. The molecule has 0 aliphatic heterocycles. The van der Waals surface area contributed by atoms with Crippen molar-refractivity contribution in [1.82, 2.24) is 36.6 Å². The van der Waals surface area contributed by atoms with Crippen LogP contribution in [-0.4, -0.2) is 117 Å². The summed E-state index contributed by atoms with van der Waals surface area (Å²) in [6, 6.07) is 8.59. The molecule has 16 nitrogen and oxygen atoms in total. The van der Waals surface area contributed by atoms with E-state index in [1.165, 1.54) is 23.5 Å². The van der Waals surface area contributed by atoms with Gasteiger partial charge >= 0.3 is 5.97 Å². The molecular weight excluding hydrogens is 819 g/mol. The molecule has 0 bridgehead atoms. The molecule has 0 fully saturated rings. The number of hydrogen-bond donors (Lipinski definition) is 10. The van der Waals surface area contributed by atoms with Crippen molar-refractivity contribution >= 4 is 80.8 Å². The average molecular weight is 880 g/mol. The van der Waals surface area contributed by atoms with Gasteiger partial charge in [0, 0.05) is 40.6 Å². The van der Waals surface area contributed by atoms with Crippen LogP contribution in [0.5, 0.6) is 0 Å². The Kier molecular flexibility index (Phi) is 19.5. The van der Waals surface area contributed by atoms with Crippen LogP contribution in [0.4, 0.5) is 0 Å². The molecule has 4 rings (SSSR count). The van der Waals surface area contributed by atoms with Crippen LogP contribution in [-0.2, 0) is 41.6 Å². The zero-order chi connectivity index (χ0) is 44.5. The van der Waals surface area contributed by atoms with Gasteiger partial charge in [0.2, 0.25) is 29.5 Å². The molecule has 332 valence electrons. The van der Waals surface area contributed by atoms with Gasteiger partial charge in [0.25, 0.3) is 0 Å². The molecule has 6 atom stereocenters. The number of para-hydroxylation sites is 2. The number of nitrogens with one attached hydrogen (secondary N) is 7. The third-order valence-corrected chi connectivity index (χ3v) is 11.8. The van der Waals surface area contributed by atoms with Gasteiger partial charge in [0.1, 0.15) is 30.2 Å². The third kappa shape index (κ3) is 14.3. The molecule has 2 heterocycles. The van der Waals surface area contributed by atoms with Crippen molar-refractivity contribution in [1.29, 1.82) is 0 Å². The van der Waals surface area contributed by atoms with Gasteiger partial charge in [0.15, 0.2) is 0 Å². The second kappa shape index (κ2) is 24.4. The number of rotatable bonds is 26. The molecule has 0 saturated carbocycles. The van der Waals surface area contributed by atoms with Crippen LogP contribution in [0.3, 0.4) is 0 Å². The lowest BCUT2D eigenvalue weighted by Gasteiger charge is -2.28. The number of carboxylic acids is 1.